The number of benzene rings is 1. The molecule has 1 aromatic carbocycles. The minimum absolute atomic E-state index is 1.02. The van der Waals surface area contributed by atoms with E-state index in [0.29, 0.717) is 0 Å². The molecule has 0 aliphatic carbocycles. The zero-order chi connectivity index (χ0) is 12.4. The SMILES string of the molecule is Ic1ccc(-c2cc(N3CCNCC3)n[nH]2)cc1. The van der Waals surface area contributed by atoms with Gasteiger partial charge in [0.15, 0.2) is 5.82 Å². The largest absolute Gasteiger partial charge is 0.353 e. The zero-order valence-electron chi connectivity index (χ0n) is 9.99. The minimum Gasteiger partial charge on any atom is -0.353 e. The first kappa shape index (κ1) is 12.0. The Morgan fingerprint density at radius 3 is 2.56 bits per heavy atom. The molecule has 1 saturated heterocycles. The van der Waals surface area contributed by atoms with Crippen molar-refractivity contribution in [2.75, 3.05) is 31.1 Å². The van der Waals surface area contributed by atoms with Gasteiger partial charge in [0.05, 0.1) is 5.69 Å². The lowest BCUT2D eigenvalue weighted by atomic mass is 10.1. The number of hydrogen-bond acceptors (Lipinski definition) is 3. The van der Waals surface area contributed by atoms with Gasteiger partial charge in [0.1, 0.15) is 0 Å². The fraction of sp³-hybridized carbons (Fsp3) is 0.308. The van der Waals surface area contributed by atoms with Gasteiger partial charge in [-0.25, -0.2) is 0 Å². The molecule has 1 aromatic heterocycles. The molecule has 4 nitrogen and oxygen atoms in total. The summed E-state index contributed by atoms with van der Waals surface area (Å²) in [5.74, 6) is 1.05. The summed E-state index contributed by atoms with van der Waals surface area (Å²) >= 11 is 2.32. The number of halogens is 1. The summed E-state index contributed by atoms with van der Waals surface area (Å²) < 4.78 is 1.25. The molecule has 1 aliphatic rings. The Morgan fingerprint density at radius 1 is 1.11 bits per heavy atom. The number of H-pyrrole nitrogens is 1. The molecule has 0 bridgehead atoms. The summed E-state index contributed by atoms with van der Waals surface area (Å²) in [6, 6.07) is 10.6. The standard InChI is InChI=1S/C13H15IN4/c14-11-3-1-10(2-4-11)12-9-13(17-16-12)18-7-5-15-6-8-18/h1-4,9,15H,5-8H2,(H,16,17). The van der Waals surface area contributed by atoms with Crippen molar-refractivity contribution in [3.8, 4) is 11.3 Å². The van der Waals surface area contributed by atoms with Crippen molar-refractivity contribution < 1.29 is 0 Å². The summed E-state index contributed by atoms with van der Waals surface area (Å²) in [4.78, 5) is 2.31. The average Bonchev–Trinajstić information content (AvgIpc) is 2.90. The fourth-order valence-corrected chi connectivity index (χ4v) is 2.50. The van der Waals surface area contributed by atoms with Crippen molar-refractivity contribution in [1.29, 1.82) is 0 Å². The van der Waals surface area contributed by atoms with Gasteiger partial charge in [0.2, 0.25) is 0 Å². The van der Waals surface area contributed by atoms with E-state index in [2.05, 4.69) is 73.3 Å². The number of nitrogens with one attached hydrogen (secondary N) is 2. The van der Waals surface area contributed by atoms with E-state index in [-0.39, 0.29) is 0 Å². The maximum atomic E-state index is 4.41. The van der Waals surface area contributed by atoms with Crippen LogP contribution in [0.3, 0.4) is 0 Å². The van der Waals surface area contributed by atoms with Crippen molar-refractivity contribution in [3.05, 3.63) is 33.9 Å². The second kappa shape index (κ2) is 5.27. The second-order valence-corrected chi connectivity index (χ2v) is 5.63. The molecule has 2 N–H and O–H groups in total. The highest BCUT2D eigenvalue weighted by Gasteiger charge is 2.13. The van der Waals surface area contributed by atoms with Gasteiger partial charge in [0.25, 0.3) is 0 Å². The molecular weight excluding hydrogens is 339 g/mol. The number of nitrogens with zero attached hydrogens (tertiary/aromatic N) is 2. The van der Waals surface area contributed by atoms with E-state index in [1.165, 1.54) is 9.13 Å². The first-order chi connectivity index (χ1) is 8.83. The Bertz CT molecular complexity index is 514. The van der Waals surface area contributed by atoms with Crippen LogP contribution in [0.2, 0.25) is 0 Å². The van der Waals surface area contributed by atoms with Crippen LogP contribution in [0.1, 0.15) is 0 Å². The monoisotopic (exact) mass is 354 g/mol. The Labute approximate surface area is 120 Å². The van der Waals surface area contributed by atoms with Crippen molar-refractivity contribution in [2.24, 2.45) is 0 Å². The van der Waals surface area contributed by atoms with Crippen LogP contribution in [0, 0.1) is 3.57 Å². The first-order valence-corrected chi connectivity index (χ1v) is 7.18. The molecule has 0 atom stereocenters. The van der Waals surface area contributed by atoms with Crippen LogP contribution in [-0.2, 0) is 0 Å². The van der Waals surface area contributed by atoms with Crippen LogP contribution in [0.5, 0.6) is 0 Å². The summed E-state index contributed by atoms with van der Waals surface area (Å²) in [6.07, 6.45) is 0. The van der Waals surface area contributed by atoms with Gasteiger partial charge >= 0.3 is 0 Å². The highest BCUT2D eigenvalue weighted by molar-refractivity contribution is 14.1. The molecule has 94 valence electrons. The molecule has 1 fully saturated rings. The number of aromatic amines is 1. The van der Waals surface area contributed by atoms with Gasteiger partial charge in [-0.1, -0.05) is 12.1 Å². The van der Waals surface area contributed by atoms with E-state index < -0.39 is 0 Å². The molecule has 1 aliphatic heterocycles. The third kappa shape index (κ3) is 2.51. The van der Waals surface area contributed by atoms with E-state index in [0.717, 1.165) is 37.7 Å². The zero-order valence-corrected chi connectivity index (χ0v) is 12.1. The van der Waals surface area contributed by atoms with Crippen LogP contribution in [-0.4, -0.2) is 36.4 Å². The third-order valence-corrected chi connectivity index (χ3v) is 3.88. The van der Waals surface area contributed by atoms with Gasteiger partial charge in [-0.2, -0.15) is 5.10 Å². The van der Waals surface area contributed by atoms with Crippen LogP contribution in [0.4, 0.5) is 5.82 Å². The number of hydrogen-bond donors (Lipinski definition) is 2. The van der Waals surface area contributed by atoms with Crippen LogP contribution < -0.4 is 10.2 Å². The molecule has 0 spiro atoms. The van der Waals surface area contributed by atoms with E-state index in [4.69, 9.17) is 0 Å². The fourth-order valence-electron chi connectivity index (χ4n) is 2.14. The lowest BCUT2D eigenvalue weighted by Gasteiger charge is -2.26. The van der Waals surface area contributed by atoms with E-state index >= 15 is 0 Å². The predicted molar refractivity (Wildman–Crippen MR) is 81.8 cm³/mol. The molecule has 2 heterocycles. The highest BCUT2D eigenvalue weighted by Crippen LogP contribution is 2.22. The Kier molecular flexibility index (Phi) is 3.51. The van der Waals surface area contributed by atoms with Gasteiger partial charge in [-0.05, 0) is 40.3 Å². The Morgan fingerprint density at radius 2 is 1.83 bits per heavy atom. The molecule has 0 amide bonds. The molecule has 18 heavy (non-hydrogen) atoms. The van der Waals surface area contributed by atoms with Crippen molar-refractivity contribution in [1.82, 2.24) is 15.5 Å². The van der Waals surface area contributed by atoms with Gasteiger partial charge in [-0.3, -0.25) is 5.10 Å². The molecule has 5 heteroatoms. The molecule has 0 unspecified atom stereocenters. The van der Waals surface area contributed by atoms with Crippen molar-refractivity contribution >= 4 is 28.4 Å². The maximum absolute atomic E-state index is 4.41. The maximum Gasteiger partial charge on any atom is 0.151 e. The lowest BCUT2D eigenvalue weighted by Crippen LogP contribution is -2.43. The van der Waals surface area contributed by atoms with Gasteiger partial charge < -0.3 is 10.2 Å². The molecule has 3 rings (SSSR count). The summed E-state index contributed by atoms with van der Waals surface area (Å²) in [6.45, 7) is 4.12. The normalized spacial score (nSPS) is 15.9. The molecule has 0 saturated carbocycles. The van der Waals surface area contributed by atoms with Crippen molar-refractivity contribution in [2.45, 2.75) is 0 Å². The molecule has 2 aromatic rings. The summed E-state index contributed by atoms with van der Waals surface area (Å²) in [7, 11) is 0. The van der Waals surface area contributed by atoms with E-state index in [1.54, 1.807) is 0 Å². The molecule has 0 radical (unpaired) electrons. The third-order valence-electron chi connectivity index (χ3n) is 3.16. The highest BCUT2D eigenvalue weighted by atomic mass is 127. The predicted octanol–water partition coefficient (Wildman–Crippen LogP) is 2.09. The minimum atomic E-state index is 1.02. The van der Waals surface area contributed by atoms with Crippen molar-refractivity contribution in [3.63, 3.8) is 0 Å². The number of rotatable bonds is 2. The van der Waals surface area contributed by atoms with Crippen LogP contribution in [0.15, 0.2) is 30.3 Å². The number of anilines is 1. The number of piperazine rings is 1. The topological polar surface area (TPSA) is 44.0 Å². The first-order valence-electron chi connectivity index (χ1n) is 6.10. The Hall–Kier alpha value is -1.08. The van der Waals surface area contributed by atoms with Gasteiger partial charge in [0, 0.05) is 35.8 Å². The van der Waals surface area contributed by atoms with Crippen LogP contribution in [0.25, 0.3) is 11.3 Å². The second-order valence-electron chi connectivity index (χ2n) is 4.38. The number of aromatic nitrogens is 2. The van der Waals surface area contributed by atoms with Crippen LogP contribution >= 0.6 is 22.6 Å². The van der Waals surface area contributed by atoms with E-state index in [9.17, 15) is 0 Å². The quantitative estimate of drug-likeness (QED) is 0.812. The summed E-state index contributed by atoms with van der Waals surface area (Å²) in [5, 5.41) is 10.9. The van der Waals surface area contributed by atoms with E-state index in [1.807, 2.05) is 0 Å². The smallest absolute Gasteiger partial charge is 0.151 e. The lowest BCUT2D eigenvalue weighted by molar-refractivity contribution is 0.584. The molecular formula is C13H15IN4. The van der Waals surface area contributed by atoms with Gasteiger partial charge in [-0.15, -0.1) is 0 Å². The average molecular weight is 354 g/mol. The summed E-state index contributed by atoms with van der Waals surface area (Å²) in [5.41, 5.74) is 2.27. The Balaban J connectivity index is 1.82.